The van der Waals surface area contributed by atoms with Gasteiger partial charge in [0.25, 0.3) is 5.56 Å². The summed E-state index contributed by atoms with van der Waals surface area (Å²) >= 11 is 0. The Balaban J connectivity index is 2.47. The smallest absolute Gasteiger partial charge is 0.360 e. The highest BCUT2D eigenvalue weighted by Crippen LogP contribution is 2.14. The number of methoxy groups -OCH3 is 1. The fourth-order valence-corrected chi connectivity index (χ4v) is 2.00. The van der Waals surface area contributed by atoms with Gasteiger partial charge in [0.1, 0.15) is 0 Å². The van der Waals surface area contributed by atoms with Crippen molar-refractivity contribution in [3.05, 3.63) is 40.3 Å². The van der Waals surface area contributed by atoms with Crippen LogP contribution in [0, 0.1) is 0 Å². The second-order valence-electron chi connectivity index (χ2n) is 4.57. The Bertz CT molecular complexity index is 766. The number of aryl methyl sites for hydroxylation is 1. The van der Waals surface area contributed by atoms with Crippen LogP contribution >= 0.6 is 0 Å². The molecule has 0 bridgehead atoms. The highest BCUT2D eigenvalue weighted by Gasteiger charge is 2.18. The number of hydrogen-bond acceptors (Lipinski definition) is 6. The Hall–Kier alpha value is -2.70. The number of esters is 2. The van der Waals surface area contributed by atoms with Crippen molar-refractivity contribution in [1.82, 2.24) is 9.78 Å². The molecule has 22 heavy (non-hydrogen) atoms. The molecule has 7 nitrogen and oxygen atoms in total. The van der Waals surface area contributed by atoms with Crippen LogP contribution < -0.4 is 5.56 Å². The minimum Gasteiger partial charge on any atom is -0.466 e. The first-order valence-electron chi connectivity index (χ1n) is 6.82. The average Bonchev–Trinajstić information content (AvgIpc) is 2.55. The van der Waals surface area contributed by atoms with Crippen LogP contribution in [-0.2, 0) is 20.8 Å². The molecule has 0 amide bonds. The van der Waals surface area contributed by atoms with E-state index < -0.39 is 18.5 Å². The molecule has 0 saturated heterocycles. The third-order valence-electron chi connectivity index (χ3n) is 3.05. The first kappa shape index (κ1) is 15.7. The monoisotopic (exact) mass is 304 g/mol. The zero-order chi connectivity index (χ0) is 16.1. The number of ether oxygens (including phenoxy) is 2. The van der Waals surface area contributed by atoms with E-state index in [-0.39, 0.29) is 11.3 Å². The molecular weight excluding hydrogens is 288 g/mol. The van der Waals surface area contributed by atoms with Crippen LogP contribution in [0.1, 0.15) is 23.8 Å². The van der Waals surface area contributed by atoms with Crippen LogP contribution in [0.3, 0.4) is 0 Å². The van der Waals surface area contributed by atoms with Crippen molar-refractivity contribution in [3.8, 4) is 0 Å². The van der Waals surface area contributed by atoms with Gasteiger partial charge < -0.3 is 9.47 Å². The SMILES string of the molecule is CCCn1nc(C(=O)OCC(=O)OC)c2ccccc2c1=O. The molecule has 0 unspecified atom stereocenters. The number of hydrogen-bond donors (Lipinski definition) is 0. The largest absolute Gasteiger partial charge is 0.466 e. The molecule has 7 heteroatoms. The first-order valence-corrected chi connectivity index (χ1v) is 6.82. The van der Waals surface area contributed by atoms with Crippen molar-refractivity contribution >= 4 is 22.7 Å². The Morgan fingerprint density at radius 3 is 2.55 bits per heavy atom. The quantitative estimate of drug-likeness (QED) is 0.770. The fraction of sp³-hybridized carbons (Fsp3) is 0.333. The van der Waals surface area contributed by atoms with Crippen molar-refractivity contribution in [3.63, 3.8) is 0 Å². The van der Waals surface area contributed by atoms with Gasteiger partial charge in [-0.1, -0.05) is 25.1 Å². The molecule has 116 valence electrons. The lowest BCUT2D eigenvalue weighted by atomic mass is 10.1. The van der Waals surface area contributed by atoms with Crippen molar-refractivity contribution < 1.29 is 19.1 Å². The van der Waals surface area contributed by atoms with E-state index in [1.54, 1.807) is 24.3 Å². The van der Waals surface area contributed by atoms with Gasteiger partial charge in [0.2, 0.25) is 0 Å². The van der Waals surface area contributed by atoms with Gasteiger partial charge in [-0.2, -0.15) is 5.10 Å². The van der Waals surface area contributed by atoms with E-state index >= 15 is 0 Å². The summed E-state index contributed by atoms with van der Waals surface area (Å²) in [5, 5.41) is 4.85. The molecular formula is C15H16N2O5. The summed E-state index contributed by atoms with van der Waals surface area (Å²) in [4.78, 5) is 35.5. The lowest BCUT2D eigenvalue weighted by Crippen LogP contribution is -2.27. The van der Waals surface area contributed by atoms with E-state index in [0.29, 0.717) is 23.7 Å². The molecule has 1 aromatic carbocycles. The molecule has 2 rings (SSSR count). The summed E-state index contributed by atoms with van der Waals surface area (Å²) in [5.41, 5.74) is -0.255. The van der Waals surface area contributed by atoms with E-state index in [2.05, 4.69) is 9.84 Å². The molecule has 0 radical (unpaired) electrons. The van der Waals surface area contributed by atoms with E-state index in [9.17, 15) is 14.4 Å². The molecule has 0 atom stereocenters. The number of nitrogens with zero attached hydrogens (tertiary/aromatic N) is 2. The fourth-order valence-electron chi connectivity index (χ4n) is 2.00. The molecule has 0 spiro atoms. The van der Waals surface area contributed by atoms with Gasteiger partial charge >= 0.3 is 11.9 Å². The van der Waals surface area contributed by atoms with E-state index in [4.69, 9.17) is 4.74 Å². The Kier molecular flexibility index (Phi) is 4.88. The minimum absolute atomic E-state index is 0.00699. The summed E-state index contributed by atoms with van der Waals surface area (Å²) in [7, 11) is 1.20. The van der Waals surface area contributed by atoms with Gasteiger partial charge in [0, 0.05) is 11.9 Å². The Labute approximate surface area is 126 Å². The Morgan fingerprint density at radius 2 is 1.91 bits per heavy atom. The molecule has 0 aliphatic rings. The van der Waals surface area contributed by atoms with Crippen LogP contribution in [0.2, 0.25) is 0 Å². The molecule has 0 aliphatic heterocycles. The number of aromatic nitrogens is 2. The van der Waals surface area contributed by atoms with Crippen LogP contribution in [-0.4, -0.2) is 35.4 Å². The standard InChI is InChI=1S/C15H16N2O5/c1-3-8-17-14(19)11-7-5-4-6-10(11)13(16-17)15(20)22-9-12(18)21-2/h4-7H,3,8-9H2,1-2H3. The normalized spacial score (nSPS) is 10.5. The highest BCUT2D eigenvalue weighted by molar-refractivity contribution is 6.02. The predicted molar refractivity (Wildman–Crippen MR) is 78.6 cm³/mol. The van der Waals surface area contributed by atoms with Gasteiger partial charge in [-0.3, -0.25) is 4.79 Å². The van der Waals surface area contributed by atoms with Gasteiger partial charge in [0.05, 0.1) is 12.5 Å². The maximum atomic E-state index is 12.3. The predicted octanol–water partition coefficient (Wildman–Crippen LogP) is 1.14. The molecule has 0 fully saturated rings. The van der Waals surface area contributed by atoms with E-state index in [1.807, 2.05) is 6.92 Å². The second kappa shape index (κ2) is 6.84. The summed E-state index contributed by atoms with van der Waals surface area (Å²) < 4.78 is 10.5. The topological polar surface area (TPSA) is 87.5 Å². The number of rotatable bonds is 5. The number of benzene rings is 1. The van der Waals surface area contributed by atoms with Crippen molar-refractivity contribution in [2.75, 3.05) is 13.7 Å². The zero-order valence-corrected chi connectivity index (χ0v) is 12.4. The molecule has 0 N–H and O–H groups in total. The zero-order valence-electron chi connectivity index (χ0n) is 12.4. The Morgan fingerprint density at radius 1 is 1.23 bits per heavy atom. The van der Waals surface area contributed by atoms with E-state index in [1.165, 1.54) is 11.8 Å². The number of carbonyl (C=O) groups excluding carboxylic acids is 2. The number of fused-ring (bicyclic) bond motifs is 1. The van der Waals surface area contributed by atoms with Crippen molar-refractivity contribution in [1.29, 1.82) is 0 Å². The van der Waals surface area contributed by atoms with E-state index in [0.717, 1.165) is 0 Å². The summed E-state index contributed by atoms with van der Waals surface area (Å²) in [6.07, 6.45) is 0.696. The van der Waals surface area contributed by atoms with Crippen molar-refractivity contribution in [2.24, 2.45) is 0 Å². The maximum Gasteiger partial charge on any atom is 0.360 e. The van der Waals surface area contributed by atoms with Crippen LogP contribution in [0.4, 0.5) is 0 Å². The molecule has 0 saturated carbocycles. The summed E-state index contributed by atoms with van der Waals surface area (Å²) in [5.74, 6) is -1.44. The molecule has 1 aromatic heterocycles. The minimum atomic E-state index is -0.772. The average molecular weight is 304 g/mol. The summed E-state index contributed by atoms with van der Waals surface area (Å²) in [6, 6.07) is 6.66. The van der Waals surface area contributed by atoms with Gasteiger partial charge in [-0.15, -0.1) is 0 Å². The van der Waals surface area contributed by atoms with Crippen LogP contribution in [0.15, 0.2) is 29.1 Å². The summed E-state index contributed by atoms with van der Waals surface area (Å²) in [6.45, 7) is 1.79. The highest BCUT2D eigenvalue weighted by atomic mass is 16.6. The molecule has 0 aliphatic carbocycles. The molecule has 1 heterocycles. The third-order valence-corrected chi connectivity index (χ3v) is 3.05. The maximum absolute atomic E-state index is 12.3. The third kappa shape index (κ3) is 3.13. The van der Waals surface area contributed by atoms with Gasteiger partial charge in [-0.25, -0.2) is 14.3 Å². The number of carbonyl (C=O) groups is 2. The van der Waals surface area contributed by atoms with Crippen molar-refractivity contribution in [2.45, 2.75) is 19.9 Å². The van der Waals surface area contributed by atoms with Gasteiger partial charge in [-0.05, 0) is 12.5 Å². The van der Waals surface area contributed by atoms with Gasteiger partial charge in [0.15, 0.2) is 12.3 Å². The van der Waals surface area contributed by atoms with Crippen LogP contribution in [0.5, 0.6) is 0 Å². The second-order valence-corrected chi connectivity index (χ2v) is 4.57. The lowest BCUT2D eigenvalue weighted by molar-refractivity contribution is -0.144. The lowest BCUT2D eigenvalue weighted by Gasteiger charge is -2.09. The van der Waals surface area contributed by atoms with Crippen LogP contribution in [0.25, 0.3) is 10.8 Å². The molecule has 2 aromatic rings. The first-order chi connectivity index (χ1) is 10.6.